The number of halogens is 6. The molecule has 0 bridgehead atoms. The van der Waals surface area contributed by atoms with E-state index in [1.165, 1.54) is 23.5 Å². The van der Waals surface area contributed by atoms with Crippen LogP contribution in [0.4, 0.5) is 35.5 Å². The predicted molar refractivity (Wildman–Crippen MR) is 119 cm³/mol. The smallest absolute Gasteiger partial charge is 0.338 e. The van der Waals surface area contributed by atoms with Gasteiger partial charge in [0.05, 0.1) is 26.3 Å². The molecule has 2 aromatic heterocycles. The highest BCUT2D eigenvalue weighted by molar-refractivity contribution is 7.21. The summed E-state index contributed by atoms with van der Waals surface area (Å²) in [4.78, 5) is 13.8. The lowest BCUT2D eigenvalue weighted by Crippen LogP contribution is -2.06. The van der Waals surface area contributed by atoms with Crippen molar-refractivity contribution in [3.8, 4) is 0 Å². The van der Waals surface area contributed by atoms with E-state index in [2.05, 4.69) is 25.6 Å². The molecule has 0 radical (unpaired) electrons. The molecule has 2 heterocycles. The first-order chi connectivity index (χ1) is 14.6. The molecule has 0 unspecified atom stereocenters. The highest BCUT2D eigenvalue weighted by Crippen LogP contribution is 2.38. The fourth-order valence-electron chi connectivity index (χ4n) is 2.75. The molecule has 2 aromatic carbocycles. The van der Waals surface area contributed by atoms with E-state index in [0.717, 1.165) is 6.07 Å². The first-order valence-corrected chi connectivity index (χ1v) is 10.6. The van der Waals surface area contributed by atoms with Crippen LogP contribution in [0.3, 0.4) is 0 Å². The van der Waals surface area contributed by atoms with Crippen LogP contribution in [0.15, 0.2) is 36.4 Å². The largest absolute Gasteiger partial charge is 0.417 e. The highest BCUT2D eigenvalue weighted by Gasteiger charge is 2.33. The Balaban J connectivity index is 1.70. The number of nitrogens with one attached hydrogen (secondary N) is 2. The molecule has 0 aliphatic carbocycles. The quantitative estimate of drug-likeness (QED) is 0.296. The summed E-state index contributed by atoms with van der Waals surface area (Å²) in [7, 11) is 0. The van der Waals surface area contributed by atoms with Crippen LogP contribution in [0.25, 0.3) is 10.3 Å². The third-order valence-electron chi connectivity index (χ3n) is 4.10. The minimum Gasteiger partial charge on any atom is -0.338 e. The maximum absolute atomic E-state index is 12.9. The number of aromatic nitrogens is 3. The van der Waals surface area contributed by atoms with Gasteiger partial charge in [-0.3, -0.25) is 0 Å². The van der Waals surface area contributed by atoms with E-state index in [9.17, 15) is 13.2 Å². The number of aryl methyl sites for hydroxylation is 1. The molecule has 12 heteroatoms. The summed E-state index contributed by atoms with van der Waals surface area (Å²) >= 11 is 19.5. The summed E-state index contributed by atoms with van der Waals surface area (Å²) in [6.07, 6.45) is -4.54. The number of alkyl halides is 3. The Morgan fingerprint density at radius 1 is 0.903 bits per heavy atom. The first-order valence-electron chi connectivity index (χ1n) is 8.62. The van der Waals surface area contributed by atoms with Crippen LogP contribution in [0, 0.1) is 6.92 Å². The fourth-order valence-corrected chi connectivity index (χ4v) is 4.42. The summed E-state index contributed by atoms with van der Waals surface area (Å²) in [5.74, 6) is 0.784. The number of fused-ring (bicyclic) bond motifs is 1. The third kappa shape index (κ3) is 4.64. The summed E-state index contributed by atoms with van der Waals surface area (Å²) in [5, 5.41) is 6.94. The maximum Gasteiger partial charge on any atom is 0.417 e. The van der Waals surface area contributed by atoms with Crippen molar-refractivity contribution in [3.63, 3.8) is 0 Å². The highest BCUT2D eigenvalue weighted by atomic mass is 35.5. The Labute approximate surface area is 193 Å². The molecule has 0 amide bonds. The van der Waals surface area contributed by atoms with Crippen molar-refractivity contribution in [3.05, 3.63) is 62.9 Å². The van der Waals surface area contributed by atoms with Gasteiger partial charge >= 0.3 is 6.18 Å². The van der Waals surface area contributed by atoms with E-state index in [1.54, 1.807) is 25.1 Å². The normalized spacial score (nSPS) is 11.7. The molecule has 160 valence electrons. The molecule has 0 aliphatic heterocycles. The second-order valence-corrected chi connectivity index (χ2v) is 8.53. The molecule has 0 spiro atoms. The number of nitrogens with zero attached hydrogens (tertiary/aromatic N) is 3. The number of hydrogen-bond donors (Lipinski definition) is 2. The SMILES string of the molecule is Cc1nc(Nc2ccc(C(F)(F)F)c(Cl)c2)c2nc(Nc3c(Cl)cccc3Cl)sc2n1. The number of hydrogen-bond acceptors (Lipinski definition) is 6. The van der Waals surface area contributed by atoms with Gasteiger partial charge in [0.1, 0.15) is 11.3 Å². The van der Waals surface area contributed by atoms with Gasteiger partial charge in [0.25, 0.3) is 0 Å². The second-order valence-electron chi connectivity index (χ2n) is 6.33. The predicted octanol–water partition coefficient (Wildman–Crippen LogP) is 7.86. The molecule has 5 nitrogen and oxygen atoms in total. The Hall–Kier alpha value is -2.33. The van der Waals surface area contributed by atoms with E-state index >= 15 is 0 Å². The van der Waals surface area contributed by atoms with Crippen LogP contribution in [0.1, 0.15) is 11.4 Å². The lowest BCUT2D eigenvalue weighted by Gasteiger charge is -2.11. The molecule has 2 N–H and O–H groups in total. The Morgan fingerprint density at radius 2 is 1.61 bits per heavy atom. The standard InChI is InChI=1S/C19H11Cl3F3N5S/c1-8-26-16(28-9-5-6-10(13(22)7-9)19(23,24)25)15-17(27-8)31-18(30-15)29-14-11(20)3-2-4-12(14)21/h2-7H,1H3,(H,29,30)(H,26,27,28). The zero-order valence-corrected chi connectivity index (χ0v) is 18.6. The summed E-state index contributed by atoms with van der Waals surface area (Å²) in [5.41, 5.74) is 0.338. The van der Waals surface area contributed by atoms with Gasteiger partial charge in [-0.2, -0.15) is 13.2 Å². The Morgan fingerprint density at radius 3 is 2.26 bits per heavy atom. The second kappa shape index (κ2) is 8.31. The Kier molecular flexibility index (Phi) is 5.87. The van der Waals surface area contributed by atoms with Crippen LogP contribution < -0.4 is 10.6 Å². The van der Waals surface area contributed by atoms with Crippen molar-refractivity contribution in [2.45, 2.75) is 13.1 Å². The van der Waals surface area contributed by atoms with Gasteiger partial charge in [0.2, 0.25) is 0 Å². The van der Waals surface area contributed by atoms with E-state index in [1.807, 2.05) is 0 Å². The minimum absolute atomic E-state index is 0.327. The zero-order chi connectivity index (χ0) is 22.3. The van der Waals surface area contributed by atoms with Crippen molar-refractivity contribution in [2.24, 2.45) is 0 Å². The van der Waals surface area contributed by atoms with Gasteiger partial charge in [0, 0.05) is 5.69 Å². The van der Waals surface area contributed by atoms with Crippen molar-refractivity contribution in [1.29, 1.82) is 0 Å². The van der Waals surface area contributed by atoms with Crippen LogP contribution >= 0.6 is 46.1 Å². The average molecular weight is 505 g/mol. The summed E-state index contributed by atoms with van der Waals surface area (Å²) < 4.78 is 38.8. The minimum atomic E-state index is -4.54. The number of benzene rings is 2. The van der Waals surface area contributed by atoms with E-state index in [4.69, 9.17) is 34.8 Å². The molecule has 4 rings (SSSR count). The number of para-hydroxylation sites is 1. The van der Waals surface area contributed by atoms with E-state index < -0.39 is 16.8 Å². The van der Waals surface area contributed by atoms with Gasteiger partial charge in [-0.15, -0.1) is 0 Å². The Bertz CT molecular complexity index is 1270. The summed E-state index contributed by atoms with van der Waals surface area (Å²) in [6, 6.07) is 8.46. The molecule has 0 aliphatic rings. The number of rotatable bonds is 4. The van der Waals surface area contributed by atoms with Crippen LogP contribution in [-0.4, -0.2) is 15.0 Å². The van der Waals surface area contributed by atoms with Gasteiger partial charge in [-0.25, -0.2) is 15.0 Å². The van der Waals surface area contributed by atoms with Gasteiger partial charge in [-0.05, 0) is 37.3 Å². The lowest BCUT2D eigenvalue weighted by atomic mass is 10.2. The summed E-state index contributed by atoms with van der Waals surface area (Å²) in [6.45, 7) is 1.70. The van der Waals surface area contributed by atoms with E-state index in [0.29, 0.717) is 48.5 Å². The van der Waals surface area contributed by atoms with Crippen LogP contribution in [0.2, 0.25) is 15.1 Å². The molecule has 0 atom stereocenters. The molecule has 31 heavy (non-hydrogen) atoms. The lowest BCUT2D eigenvalue weighted by molar-refractivity contribution is -0.137. The monoisotopic (exact) mass is 503 g/mol. The van der Waals surface area contributed by atoms with Crippen LogP contribution in [0.5, 0.6) is 0 Å². The fraction of sp³-hybridized carbons (Fsp3) is 0.105. The number of anilines is 4. The number of thiazole rings is 1. The molecule has 0 saturated heterocycles. The molecule has 0 saturated carbocycles. The molecular weight excluding hydrogens is 494 g/mol. The average Bonchev–Trinajstić information content (AvgIpc) is 3.06. The van der Waals surface area contributed by atoms with Gasteiger partial charge < -0.3 is 10.6 Å². The van der Waals surface area contributed by atoms with Crippen molar-refractivity contribution in [1.82, 2.24) is 15.0 Å². The molecule has 4 aromatic rings. The zero-order valence-electron chi connectivity index (χ0n) is 15.5. The van der Waals surface area contributed by atoms with Crippen molar-refractivity contribution >= 4 is 78.8 Å². The van der Waals surface area contributed by atoms with Gasteiger partial charge in [0.15, 0.2) is 15.8 Å². The topological polar surface area (TPSA) is 62.7 Å². The third-order valence-corrected chi connectivity index (χ3v) is 5.91. The van der Waals surface area contributed by atoms with E-state index in [-0.39, 0.29) is 0 Å². The molecule has 0 fully saturated rings. The molecular formula is C19H11Cl3F3N5S. The van der Waals surface area contributed by atoms with Crippen molar-refractivity contribution < 1.29 is 13.2 Å². The van der Waals surface area contributed by atoms with Crippen LogP contribution in [-0.2, 0) is 6.18 Å². The maximum atomic E-state index is 12.9. The first kappa shape index (κ1) is 21.9. The van der Waals surface area contributed by atoms with Gasteiger partial charge in [-0.1, -0.05) is 52.2 Å². The van der Waals surface area contributed by atoms with Crippen molar-refractivity contribution in [2.75, 3.05) is 10.6 Å².